The van der Waals surface area contributed by atoms with Crippen molar-refractivity contribution in [1.29, 1.82) is 0 Å². The van der Waals surface area contributed by atoms with Crippen LogP contribution in [0, 0.1) is 0 Å². The van der Waals surface area contributed by atoms with Gasteiger partial charge in [-0.05, 0) is 24.5 Å². The van der Waals surface area contributed by atoms with Crippen LogP contribution < -0.4 is 4.72 Å². The van der Waals surface area contributed by atoms with Crippen LogP contribution in [-0.2, 0) is 16.4 Å². The molecule has 0 saturated heterocycles. The van der Waals surface area contributed by atoms with Crippen LogP contribution in [0.15, 0.2) is 29.2 Å². The van der Waals surface area contributed by atoms with E-state index in [0.717, 1.165) is 18.4 Å². The van der Waals surface area contributed by atoms with Gasteiger partial charge in [-0.15, -0.1) is 0 Å². The summed E-state index contributed by atoms with van der Waals surface area (Å²) in [6.45, 7) is 4.45. The Balaban J connectivity index is 2.49. The van der Waals surface area contributed by atoms with Crippen molar-refractivity contribution in [2.75, 3.05) is 6.54 Å². The Morgan fingerprint density at radius 3 is 2.19 bits per heavy atom. The van der Waals surface area contributed by atoms with E-state index >= 15 is 0 Å². The predicted octanol–water partition coefficient (Wildman–Crippen LogP) is 4.28. The van der Waals surface area contributed by atoms with E-state index in [4.69, 9.17) is 0 Å². The summed E-state index contributed by atoms with van der Waals surface area (Å²) in [5.74, 6) is 0. The first-order chi connectivity index (χ1) is 10.1. The van der Waals surface area contributed by atoms with Crippen molar-refractivity contribution >= 4 is 10.0 Å². The summed E-state index contributed by atoms with van der Waals surface area (Å²) in [4.78, 5) is 0.442. The van der Waals surface area contributed by atoms with Crippen LogP contribution in [0.25, 0.3) is 0 Å². The van der Waals surface area contributed by atoms with Gasteiger partial charge in [-0.2, -0.15) is 0 Å². The summed E-state index contributed by atoms with van der Waals surface area (Å²) in [6.07, 6.45) is 9.55. The number of hydrogen-bond donors (Lipinski definition) is 1. The molecular formula is C17H29NO2S. The summed E-state index contributed by atoms with van der Waals surface area (Å²) < 4.78 is 26.9. The van der Waals surface area contributed by atoms with Gasteiger partial charge < -0.3 is 0 Å². The fourth-order valence-electron chi connectivity index (χ4n) is 2.51. The average Bonchev–Trinajstić information content (AvgIpc) is 2.46. The van der Waals surface area contributed by atoms with E-state index in [-0.39, 0.29) is 0 Å². The lowest BCUT2D eigenvalue weighted by molar-refractivity contribution is 0.577. The summed E-state index contributed by atoms with van der Waals surface area (Å²) in [5, 5.41) is 0. The zero-order valence-electron chi connectivity index (χ0n) is 13.4. The highest BCUT2D eigenvalue weighted by Crippen LogP contribution is 2.18. The normalized spacial score (nSPS) is 11.7. The predicted molar refractivity (Wildman–Crippen MR) is 89.0 cm³/mol. The van der Waals surface area contributed by atoms with E-state index in [1.54, 1.807) is 19.1 Å². The summed E-state index contributed by atoms with van der Waals surface area (Å²) >= 11 is 0. The van der Waals surface area contributed by atoms with Gasteiger partial charge in [0.1, 0.15) is 0 Å². The minimum absolute atomic E-state index is 0.425. The highest BCUT2D eigenvalue weighted by Gasteiger charge is 2.16. The zero-order valence-corrected chi connectivity index (χ0v) is 14.2. The Labute approximate surface area is 130 Å². The number of benzene rings is 1. The van der Waals surface area contributed by atoms with Crippen molar-refractivity contribution in [1.82, 2.24) is 4.72 Å². The molecule has 0 unspecified atom stereocenters. The third-order valence-electron chi connectivity index (χ3n) is 3.65. The first-order valence-corrected chi connectivity index (χ1v) is 9.67. The molecule has 0 heterocycles. The Bertz CT molecular complexity index is 497. The van der Waals surface area contributed by atoms with Crippen LogP contribution in [-0.4, -0.2) is 15.0 Å². The first-order valence-electron chi connectivity index (χ1n) is 8.19. The molecule has 0 bridgehead atoms. The topological polar surface area (TPSA) is 46.2 Å². The molecule has 0 atom stereocenters. The molecule has 1 rings (SSSR count). The largest absolute Gasteiger partial charge is 0.240 e. The smallest absolute Gasteiger partial charge is 0.211 e. The van der Waals surface area contributed by atoms with Gasteiger partial charge in [-0.3, -0.25) is 0 Å². The molecule has 0 aromatic heterocycles. The minimum atomic E-state index is -3.35. The highest BCUT2D eigenvalue weighted by molar-refractivity contribution is 7.89. The molecule has 1 N–H and O–H groups in total. The Hall–Kier alpha value is -0.870. The Kier molecular flexibility index (Phi) is 8.62. The molecule has 3 nitrogen and oxygen atoms in total. The Morgan fingerprint density at radius 2 is 1.52 bits per heavy atom. The molecule has 0 radical (unpaired) electrons. The van der Waals surface area contributed by atoms with Crippen LogP contribution in [0.1, 0.15) is 64.4 Å². The molecule has 0 aliphatic carbocycles. The third kappa shape index (κ3) is 6.62. The third-order valence-corrected chi connectivity index (χ3v) is 5.29. The van der Waals surface area contributed by atoms with Crippen molar-refractivity contribution < 1.29 is 8.42 Å². The van der Waals surface area contributed by atoms with Crippen molar-refractivity contribution in [2.45, 2.75) is 70.1 Å². The lowest BCUT2D eigenvalue weighted by atomic mass is 10.0. The number of sulfonamides is 1. The maximum atomic E-state index is 12.1. The molecule has 0 aliphatic heterocycles. The van der Waals surface area contributed by atoms with Crippen molar-refractivity contribution in [3.63, 3.8) is 0 Å². The highest BCUT2D eigenvalue weighted by atomic mass is 32.2. The fourth-order valence-corrected chi connectivity index (χ4v) is 3.82. The molecule has 0 aliphatic rings. The lowest BCUT2D eigenvalue weighted by Crippen LogP contribution is -2.24. The molecule has 0 fully saturated rings. The van der Waals surface area contributed by atoms with Crippen molar-refractivity contribution in [3.05, 3.63) is 29.8 Å². The lowest BCUT2D eigenvalue weighted by Gasteiger charge is -2.10. The van der Waals surface area contributed by atoms with Gasteiger partial charge in [-0.25, -0.2) is 13.1 Å². The number of rotatable bonds is 11. The average molecular weight is 311 g/mol. The molecule has 1 aromatic rings. The quantitative estimate of drug-likeness (QED) is 0.620. The number of unbranched alkanes of at least 4 members (excludes halogenated alkanes) is 6. The molecule has 1 aromatic carbocycles. The van der Waals surface area contributed by atoms with Gasteiger partial charge in [0.2, 0.25) is 10.0 Å². The van der Waals surface area contributed by atoms with Crippen molar-refractivity contribution in [3.8, 4) is 0 Å². The van der Waals surface area contributed by atoms with Gasteiger partial charge in [0.25, 0.3) is 0 Å². The standard InChI is InChI=1S/C17H29NO2S/c1-3-5-6-7-8-9-10-13-16-14-11-12-15-17(16)21(19,20)18-4-2/h11-12,14-15,18H,3-10,13H2,1-2H3. The molecule has 21 heavy (non-hydrogen) atoms. The second-order valence-corrected chi connectivity index (χ2v) is 7.22. The monoisotopic (exact) mass is 311 g/mol. The maximum Gasteiger partial charge on any atom is 0.240 e. The van der Waals surface area contributed by atoms with Gasteiger partial charge in [-0.1, -0.05) is 70.6 Å². The van der Waals surface area contributed by atoms with Crippen LogP contribution in [0.4, 0.5) is 0 Å². The first kappa shape index (κ1) is 18.2. The molecular weight excluding hydrogens is 282 g/mol. The van der Waals surface area contributed by atoms with Crippen LogP contribution in [0.2, 0.25) is 0 Å². The second kappa shape index (κ2) is 9.96. The SMILES string of the molecule is CCCCCCCCCc1ccccc1S(=O)(=O)NCC. The number of nitrogens with one attached hydrogen (secondary N) is 1. The van der Waals surface area contributed by atoms with Gasteiger partial charge in [0.15, 0.2) is 0 Å². The second-order valence-electron chi connectivity index (χ2n) is 5.48. The van der Waals surface area contributed by atoms with E-state index < -0.39 is 10.0 Å². The van der Waals surface area contributed by atoms with Gasteiger partial charge in [0.05, 0.1) is 4.90 Å². The van der Waals surface area contributed by atoms with E-state index in [2.05, 4.69) is 11.6 Å². The van der Waals surface area contributed by atoms with E-state index in [1.165, 1.54) is 38.5 Å². The van der Waals surface area contributed by atoms with Crippen LogP contribution in [0.5, 0.6) is 0 Å². The minimum Gasteiger partial charge on any atom is -0.211 e. The van der Waals surface area contributed by atoms with E-state index in [9.17, 15) is 8.42 Å². The van der Waals surface area contributed by atoms with Gasteiger partial charge in [0, 0.05) is 6.54 Å². The van der Waals surface area contributed by atoms with Crippen LogP contribution >= 0.6 is 0 Å². The summed E-state index contributed by atoms with van der Waals surface area (Å²) in [7, 11) is -3.35. The number of aryl methyl sites for hydroxylation is 1. The zero-order chi connectivity index (χ0) is 15.6. The van der Waals surface area contributed by atoms with Crippen LogP contribution in [0.3, 0.4) is 0 Å². The molecule has 0 saturated carbocycles. The molecule has 120 valence electrons. The molecule has 0 amide bonds. The summed E-state index contributed by atoms with van der Waals surface area (Å²) in [6, 6.07) is 7.34. The van der Waals surface area contributed by atoms with Gasteiger partial charge >= 0.3 is 0 Å². The van der Waals surface area contributed by atoms with E-state index in [1.807, 2.05) is 12.1 Å². The van der Waals surface area contributed by atoms with E-state index in [0.29, 0.717) is 11.4 Å². The molecule has 4 heteroatoms. The maximum absolute atomic E-state index is 12.1. The molecule has 0 spiro atoms. The number of hydrogen-bond acceptors (Lipinski definition) is 2. The Morgan fingerprint density at radius 1 is 0.905 bits per heavy atom. The van der Waals surface area contributed by atoms with Crippen molar-refractivity contribution in [2.24, 2.45) is 0 Å². The fraction of sp³-hybridized carbons (Fsp3) is 0.647. The summed E-state index contributed by atoms with van der Waals surface area (Å²) in [5.41, 5.74) is 0.937.